The van der Waals surface area contributed by atoms with E-state index in [0.717, 1.165) is 28.7 Å². The van der Waals surface area contributed by atoms with Gasteiger partial charge in [0.15, 0.2) is 0 Å². The number of nitrogens with one attached hydrogen (secondary N) is 1. The van der Waals surface area contributed by atoms with Crippen molar-refractivity contribution >= 4 is 24.0 Å². The first kappa shape index (κ1) is 17.4. The van der Waals surface area contributed by atoms with E-state index in [1.807, 2.05) is 30.3 Å². The standard InChI is InChI=1S/C18H22ClNO.ClH/c19-15-7-5-6-14(12-15)18-11-10-17(21-18)13-20-16-8-3-1-2-4-9-16;/h5-7,10-12,16,20H,1-4,8-9,13H2;1H. The van der Waals surface area contributed by atoms with Gasteiger partial charge in [0, 0.05) is 16.6 Å². The molecule has 1 saturated carbocycles. The molecule has 3 rings (SSSR count). The zero-order valence-electron chi connectivity index (χ0n) is 12.7. The molecule has 2 nitrogen and oxygen atoms in total. The van der Waals surface area contributed by atoms with Crippen molar-refractivity contribution in [1.29, 1.82) is 0 Å². The van der Waals surface area contributed by atoms with Crippen LogP contribution in [0, 0.1) is 0 Å². The van der Waals surface area contributed by atoms with E-state index in [9.17, 15) is 0 Å². The maximum absolute atomic E-state index is 6.03. The zero-order chi connectivity index (χ0) is 14.5. The quantitative estimate of drug-likeness (QED) is 0.708. The van der Waals surface area contributed by atoms with Crippen molar-refractivity contribution in [3.05, 3.63) is 47.2 Å². The first-order chi connectivity index (χ1) is 10.3. The Balaban J connectivity index is 0.00000176. The van der Waals surface area contributed by atoms with Crippen molar-refractivity contribution in [2.45, 2.75) is 51.1 Å². The highest BCUT2D eigenvalue weighted by Gasteiger charge is 2.12. The summed E-state index contributed by atoms with van der Waals surface area (Å²) in [6, 6.07) is 12.5. The van der Waals surface area contributed by atoms with Gasteiger partial charge in [0.05, 0.1) is 6.54 Å². The Bertz CT molecular complexity index is 574. The first-order valence-electron chi connectivity index (χ1n) is 7.89. The monoisotopic (exact) mass is 339 g/mol. The van der Waals surface area contributed by atoms with E-state index in [1.54, 1.807) is 0 Å². The van der Waals surface area contributed by atoms with Crippen molar-refractivity contribution in [2.24, 2.45) is 0 Å². The van der Waals surface area contributed by atoms with Crippen LogP contribution in [0.2, 0.25) is 5.02 Å². The lowest BCUT2D eigenvalue weighted by molar-refractivity contribution is 0.420. The summed E-state index contributed by atoms with van der Waals surface area (Å²) in [6.45, 7) is 0.811. The molecule has 1 heterocycles. The number of benzene rings is 1. The molecule has 1 N–H and O–H groups in total. The normalized spacial score (nSPS) is 16.0. The van der Waals surface area contributed by atoms with Gasteiger partial charge in [-0.05, 0) is 37.1 Å². The molecular formula is C18H23Cl2NO. The fraction of sp³-hybridized carbons (Fsp3) is 0.444. The summed E-state index contributed by atoms with van der Waals surface area (Å²) >= 11 is 6.03. The predicted octanol–water partition coefficient (Wildman–Crippen LogP) is 5.83. The Hall–Kier alpha value is -0.960. The zero-order valence-corrected chi connectivity index (χ0v) is 14.3. The molecule has 4 heteroatoms. The smallest absolute Gasteiger partial charge is 0.134 e. The van der Waals surface area contributed by atoms with Crippen LogP contribution in [0.4, 0.5) is 0 Å². The summed E-state index contributed by atoms with van der Waals surface area (Å²) in [4.78, 5) is 0. The minimum Gasteiger partial charge on any atom is -0.460 e. The van der Waals surface area contributed by atoms with Gasteiger partial charge in [-0.3, -0.25) is 0 Å². The number of halogens is 2. The van der Waals surface area contributed by atoms with Crippen LogP contribution < -0.4 is 5.32 Å². The van der Waals surface area contributed by atoms with E-state index < -0.39 is 0 Å². The van der Waals surface area contributed by atoms with Gasteiger partial charge in [-0.25, -0.2) is 0 Å². The SMILES string of the molecule is Cl.Clc1cccc(-c2ccc(CNC3CCCCCC3)o2)c1. The summed E-state index contributed by atoms with van der Waals surface area (Å²) in [5.41, 5.74) is 1.03. The number of furan rings is 1. The fourth-order valence-corrected chi connectivity index (χ4v) is 3.19. The molecule has 0 atom stereocenters. The highest BCUT2D eigenvalue weighted by molar-refractivity contribution is 6.30. The molecule has 120 valence electrons. The van der Waals surface area contributed by atoms with Gasteiger partial charge >= 0.3 is 0 Å². The molecule has 1 aromatic heterocycles. The summed E-state index contributed by atoms with van der Waals surface area (Å²) in [5.74, 6) is 1.88. The lowest BCUT2D eigenvalue weighted by atomic mass is 10.1. The molecule has 0 saturated heterocycles. The number of hydrogen-bond donors (Lipinski definition) is 1. The van der Waals surface area contributed by atoms with Gasteiger partial charge in [0.25, 0.3) is 0 Å². The van der Waals surface area contributed by atoms with E-state index in [4.69, 9.17) is 16.0 Å². The van der Waals surface area contributed by atoms with Crippen LogP contribution >= 0.6 is 24.0 Å². The van der Waals surface area contributed by atoms with Crippen LogP contribution in [0.1, 0.15) is 44.3 Å². The van der Waals surface area contributed by atoms with Crippen molar-refractivity contribution in [3.8, 4) is 11.3 Å². The number of rotatable bonds is 4. The van der Waals surface area contributed by atoms with Crippen molar-refractivity contribution in [2.75, 3.05) is 0 Å². The Kier molecular flexibility index (Phi) is 6.81. The highest BCUT2D eigenvalue weighted by atomic mass is 35.5. The summed E-state index contributed by atoms with van der Waals surface area (Å²) in [5, 5.41) is 4.37. The molecule has 1 aromatic carbocycles. The summed E-state index contributed by atoms with van der Waals surface area (Å²) in [6.07, 6.45) is 8.06. The number of hydrogen-bond acceptors (Lipinski definition) is 2. The lowest BCUT2D eigenvalue weighted by Gasteiger charge is -2.14. The van der Waals surface area contributed by atoms with Gasteiger partial charge in [-0.15, -0.1) is 12.4 Å². The molecule has 0 radical (unpaired) electrons. The van der Waals surface area contributed by atoms with E-state index >= 15 is 0 Å². The molecule has 1 aliphatic carbocycles. The van der Waals surface area contributed by atoms with Crippen LogP contribution in [0.3, 0.4) is 0 Å². The maximum atomic E-state index is 6.03. The Morgan fingerprint density at radius 3 is 2.55 bits per heavy atom. The minimum atomic E-state index is 0. The van der Waals surface area contributed by atoms with Gasteiger partial charge in [0.2, 0.25) is 0 Å². The second-order valence-electron chi connectivity index (χ2n) is 5.85. The van der Waals surface area contributed by atoms with Gasteiger partial charge < -0.3 is 9.73 Å². The predicted molar refractivity (Wildman–Crippen MR) is 94.7 cm³/mol. The Morgan fingerprint density at radius 2 is 1.82 bits per heavy atom. The van der Waals surface area contributed by atoms with Crippen LogP contribution in [-0.2, 0) is 6.54 Å². The average molecular weight is 340 g/mol. The second kappa shape index (κ2) is 8.61. The molecular weight excluding hydrogens is 317 g/mol. The first-order valence-corrected chi connectivity index (χ1v) is 8.27. The molecule has 0 spiro atoms. The molecule has 1 fully saturated rings. The third-order valence-corrected chi connectivity index (χ3v) is 4.43. The third-order valence-electron chi connectivity index (χ3n) is 4.19. The van der Waals surface area contributed by atoms with Crippen LogP contribution in [-0.4, -0.2) is 6.04 Å². The van der Waals surface area contributed by atoms with Gasteiger partial charge in [-0.1, -0.05) is 49.4 Å². The van der Waals surface area contributed by atoms with E-state index in [2.05, 4.69) is 11.4 Å². The van der Waals surface area contributed by atoms with E-state index in [1.165, 1.54) is 38.5 Å². The largest absolute Gasteiger partial charge is 0.460 e. The van der Waals surface area contributed by atoms with Crippen LogP contribution in [0.25, 0.3) is 11.3 Å². The van der Waals surface area contributed by atoms with E-state index in [-0.39, 0.29) is 12.4 Å². The molecule has 22 heavy (non-hydrogen) atoms. The molecule has 2 aromatic rings. The lowest BCUT2D eigenvalue weighted by Crippen LogP contribution is -2.27. The second-order valence-corrected chi connectivity index (χ2v) is 6.28. The molecule has 0 aliphatic heterocycles. The fourth-order valence-electron chi connectivity index (χ4n) is 3.00. The van der Waals surface area contributed by atoms with Crippen molar-refractivity contribution in [1.82, 2.24) is 5.32 Å². The third kappa shape index (κ3) is 4.77. The topological polar surface area (TPSA) is 25.2 Å². The highest BCUT2D eigenvalue weighted by Crippen LogP contribution is 2.25. The molecule has 0 amide bonds. The van der Waals surface area contributed by atoms with Crippen LogP contribution in [0.15, 0.2) is 40.8 Å². The molecule has 0 bridgehead atoms. The average Bonchev–Trinajstić information content (AvgIpc) is 2.81. The van der Waals surface area contributed by atoms with Gasteiger partial charge in [0.1, 0.15) is 11.5 Å². The van der Waals surface area contributed by atoms with Crippen molar-refractivity contribution in [3.63, 3.8) is 0 Å². The summed E-state index contributed by atoms with van der Waals surface area (Å²) in [7, 11) is 0. The van der Waals surface area contributed by atoms with Crippen molar-refractivity contribution < 1.29 is 4.42 Å². The maximum Gasteiger partial charge on any atom is 0.134 e. The summed E-state index contributed by atoms with van der Waals surface area (Å²) < 4.78 is 5.93. The minimum absolute atomic E-state index is 0. The Morgan fingerprint density at radius 1 is 1.05 bits per heavy atom. The van der Waals surface area contributed by atoms with Gasteiger partial charge in [-0.2, -0.15) is 0 Å². The molecule has 1 aliphatic rings. The van der Waals surface area contributed by atoms with Crippen LogP contribution in [0.5, 0.6) is 0 Å². The van der Waals surface area contributed by atoms with E-state index in [0.29, 0.717) is 6.04 Å². The molecule has 0 unspecified atom stereocenters. The Labute approximate surface area is 143 Å².